The quantitative estimate of drug-likeness (QED) is 0.397. The van der Waals surface area contributed by atoms with Crippen LogP contribution in [0.2, 0.25) is 0 Å². The maximum Gasteiger partial charge on any atom is 0.374 e. The van der Waals surface area contributed by atoms with Crippen molar-refractivity contribution in [3.63, 3.8) is 0 Å². The van der Waals surface area contributed by atoms with Gasteiger partial charge < -0.3 is 4.74 Å². The number of hydrogen-bond acceptors (Lipinski definition) is 3. The van der Waals surface area contributed by atoms with Gasteiger partial charge in [-0.3, -0.25) is 4.79 Å². The van der Waals surface area contributed by atoms with Crippen LogP contribution in [0.1, 0.15) is 64.7 Å². The second-order valence-corrected chi connectivity index (χ2v) is 4.55. The lowest BCUT2D eigenvalue weighted by Crippen LogP contribution is -2.26. The third-order valence-corrected chi connectivity index (χ3v) is 3.06. The molecule has 0 unspecified atom stereocenters. The molecule has 0 aromatic rings. The Balaban J connectivity index is 2.19. The molecule has 3 heteroatoms. The number of esters is 1. The summed E-state index contributed by atoms with van der Waals surface area (Å²) < 4.78 is 5.20. The number of carbonyl (C=O) groups is 2. The van der Waals surface area contributed by atoms with E-state index in [0.717, 1.165) is 44.9 Å². The van der Waals surface area contributed by atoms with E-state index >= 15 is 0 Å². The topological polar surface area (TPSA) is 43.4 Å². The standard InChI is InChI=1S/C13H22O3/c1-2-3-5-10-12(14)13(15)16-11-8-6-4-7-9-11/h11H,2-10H2,1H3. The number of carbonyl (C=O) groups excluding carboxylic acids is 2. The fourth-order valence-corrected chi connectivity index (χ4v) is 2.04. The molecule has 1 rings (SSSR count). The Morgan fingerprint density at radius 2 is 1.81 bits per heavy atom. The second kappa shape index (κ2) is 7.42. The van der Waals surface area contributed by atoms with Gasteiger partial charge >= 0.3 is 5.97 Å². The molecule has 0 heterocycles. The molecule has 3 nitrogen and oxygen atoms in total. The molecule has 0 aromatic heterocycles. The van der Waals surface area contributed by atoms with E-state index in [1.807, 2.05) is 0 Å². The lowest BCUT2D eigenvalue weighted by Gasteiger charge is -2.21. The Kier molecular flexibility index (Phi) is 6.12. The number of unbranched alkanes of at least 4 members (excludes halogenated alkanes) is 2. The number of rotatable bonds is 6. The van der Waals surface area contributed by atoms with Gasteiger partial charge in [-0.25, -0.2) is 4.79 Å². The molecular formula is C13H22O3. The van der Waals surface area contributed by atoms with E-state index < -0.39 is 5.97 Å². The second-order valence-electron chi connectivity index (χ2n) is 4.55. The van der Waals surface area contributed by atoms with Gasteiger partial charge in [0.15, 0.2) is 0 Å². The highest BCUT2D eigenvalue weighted by atomic mass is 16.5. The van der Waals surface area contributed by atoms with Crippen molar-refractivity contribution < 1.29 is 14.3 Å². The lowest BCUT2D eigenvalue weighted by molar-refractivity contribution is -0.159. The highest BCUT2D eigenvalue weighted by molar-refractivity contribution is 6.33. The molecule has 0 aliphatic heterocycles. The molecular weight excluding hydrogens is 204 g/mol. The van der Waals surface area contributed by atoms with Crippen molar-refractivity contribution in [3.05, 3.63) is 0 Å². The van der Waals surface area contributed by atoms with Gasteiger partial charge in [-0.05, 0) is 32.1 Å². The normalized spacial score (nSPS) is 17.1. The van der Waals surface area contributed by atoms with Gasteiger partial charge in [0.25, 0.3) is 0 Å². The van der Waals surface area contributed by atoms with Crippen LogP contribution in [0, 0.1) is 0 Å². The van der Waals surface area contributed by atoms with Crippen LogP contribution in [-0.2, 0) is 14.3 Å². The zero-order valence-electron chi connectivity index (χ0n) is 10.2. The number of hydrogen-bond donors (Lipinski definition) is 0. The van der Waals surface area contributed by atoms with Gasteiger partial charge in [-0.1, -0.05) is 26.2 Å². The largest absolute Gasteiger partial charge is 0.457 e. The average molecular weight is 226 g/mol. The lowest BCUT2D eigenvalue weighted by atomic mass is 9.98. The molecule has 0 N–H and O–H groups in total. The molecule has 1 saturated carbocycles. The van der Waals surface area contributed by atoms with E-state index in [1.54, 1.807) is 0 Å². The summed E-state index contributed by atoms with van der Waals surface area (Å²) in [4.78, 5) is 22.9. The first-order valence-electron chi connectivity index (χ1n) is 6.48. The summed E-state index contributed by atoms with van der Waals surface area (Å²) in [6.07, 6.45) is 8.50. The Morgan fingerprint density at radius 1 is 1.12 bits per heavy atom. The van der Waals surface area contributed by atoms with Crippen molar-refractivity contribution in [1.29, 1.82) is 0 Å². The van der Waals surface area contributed by atoms with Crippen molar-refractivity contribution in [2.24, 2.45) is 0 Å². The van der Waals surface area contributed by atoms with E-state index in [4.69, 9.17) is 4.74 Å². The maximum absolute atomic E-state index is 11.4. The summed E-state index contributed by atoms with van der Waals surface area (Å²) in [6, 6.07) is 0. The Labute approximate surface area is 97.5 Å². The summed E-state index contributed by atoms with van der Waals surface area (Å²) in [6.45, 7) is 2.07. The SMILES string of the molecule is CCCCCC(=O)C(=O)OC1CCCCC1. The summed E-state index contributed by atoms with van der Waals surface area (Å²) in [5.74, 6) is -0.956. The van der Waals surface area contributed by atoms with Crippen LogP contribution >= 0.6 is 0 Å². The minimum absolute atomic E-state index is 0.00336. The first kappa shape index (κ1) is 13.2. The predicted octanol–water partition coefficient (Wildman–Crippen LogP) is 3.01. The number of ketones is 1. The third kappa shape index (κ3) is 4.77. The molecule has 0 saturated heterocycles. The molecule has 16 heavy (non-hydrogen) atoms. The van der Waals surface area contributed by atoms with Crippen molar-refractivity contribution in [3.8, 4) is 0 Å². The highest BCUT2D eigenvalue weighted by Gasteiger charge is 2.21. The number of Topliss-reactive ketones (excluding diaryl/α,β-unsaturated/α-hetero) is 1. The van der Waals surface area contributed by atoms with Crippen LogP contribution in [0.25, 0.3) is 0 Å². The van der Waals surface area contributed by atoms with E-state index in [-0.39, 0.29) is 11.9 Å². The molecule has 0 aromatic carbocycles. The zero-order chi connectivity index (χ0) is 11.8. The van der Waals surface area contributed by atoms with Crippen LogP contribution in [0.15, 0.2) is 0 Å². The van der Waals surface area contributed by atoms with Crippen molar-refractivity contribution in [2.75, 3.05) is 0 Å². The summed E-state index contributed by atoms with van der Waals surface area (Å²) in [7, 11) is 0. The summed E-state index contributed by atoms with van der Waals surface area (Å²) >= 11 is 0. The predicted molar refractivity (Wildman–Crippen MR) is 62.1 cm³/mol. The minimum Gasteiger partial charge on any atom is -0.457 e. The average Bonchev–Trinajstić information content (AvgIpc) is 2.30. The molecule has 0 radical (unpaired) electrons. The molecule has 1 aliphatic rings. The summed E-state index contributed by atoms with van der Waals surface area (Å²) in [5, 5.41) is 0. The highest BCUT2D eigenvalue weighted by Crippen LogP contribution is 2.20. The van der Waals surface area contributed by atoms with Crippen molar-refractivity contribution in [1.82, 2.24) is 0 Å². The first-order chi connectivity index (χ1) is 7.74. The molecule has 0 bridgehead atoms. The molecule has 92 valence electrons. The fourth-order valence-electron chi connectivity index (χ4n) is 2.04. The van der Waals surface area contributed by atoms with Crippen molar-refractivity contribution in [2.45, 2.75) is 70.8 Å². The van der Waals surface area contributed by atoms with E-state index in [1.165, 1.54) is 6.42 Å². The van der Waals surface area contributed by atoms with Gasteiger partial charge in [-0.2, -0.15) is 0 Å². The van der Waals surface area contributed by atoms with Crippen LogP contribution < -0.4 is 0 Å². The van der Waals surface area contributed by atoms with Crippen LogP contribution in [0.4, 0.5) is 0 Å². The van der Waals surface area contributed by atoms with E-state index in [0.29, 0.717) is 6.42 Å². The Hall–Kier alpha value is -0.860. The Bertz CT molecular complexity index is 229. The molecule has 1 aliphatic carbocycles. The smallest absolute Gasteiger partial charge is 0.374 e. The molecule has 0 spiro atoms. The van der Waals surface area contributed by atoms with E-state index in [2.05, 4.69) is 6.92 Å². The number of ether oxygens (including phenoxy) is 1. The van der Waals surface area contributed by atoms with Crippen molar-refractivity contribution >= 4 is 11.8 Å². The van der Waals surface area contributed by atoms with Gasteiger partial charge in [0, 0.05) is 6.42 Å². The van der Waals surface area contributed by atoms with Gasteiger partial charge in [-0.15, -0.1) is 0 Å². The zero-order valence-corrected chi connectivity index (χ0v) is 10.2. The van der Waals surface area contributed by atoms with Crippen LogP contribution in [0.5, 0.6) is 0 Å². The molecule has 1 fully saturated rings. The van der Waals surface area contributed by atoms with Gasteiger partial charge in [0.05, 0.1) is 0 Å². The fraction of sp³-hybridized carbons (Fsp3) is 0.846. The molecule has 0 amide bonds. The minimum atomic E-state index is -0.608. The van der Waals surface area contributed by atoms with Crippen LogP contribution in [0.3, 0.4) is 0 Å². The Morgan fingerprint density at radius 3 is 2.44 bits per heavy atom. The monoisotopic (exact) mass is 226 g/mol. The third-order valence-electron chi connectivity index (χ3n) is 3.06. The summed E-state index contributed by atoms with van der Waals surface area (Å²) in [5.41, 5.74) is 0. The maximum atomic E-state index is 11.4. The van der Waals surface area contributed by atoms with Gasteiger partial charge in [0.1, 0.15) is 6.10 Å². The van der Waals surface area contributed by atoms with Gasteiger partial charge in [0.2, 0.25) is 5.78 Å². The van der Waals surface area contributed by atoms with E-state index in [9.17, 15) is 9.59 Å². The molecule has 0 atom stereocenters. The first-order valence-corrected chi connectivity index (χ1v) is 6.48. The van der Waals surface area contributed by atoms with Crippen LogP contribution in [-0.4, -0.2) is 17.9 Å².